The Labute approximate surface area is 157 Å². The molecule has 0 heterocycles. The first-order valence-electron chi connectivity index (χ1n) is 10.4. The predicted molar refractivity (Wildman–Crippen MR) is 106 cm³/mol. The van der Waals surface area contributed by atoms with E-state index < -0.39 is 0 Å². The van der Waals surface area contributed by atoms with Crippen molar-refractivity contribution < 1.29 is 9.59 Å². The molecule has 25 heavy (non-hydrogen) atoms. The van der Waals surface area contributed by atoms with Crippen molar-refractivity contribution in [1.29, 1.82) is 0 Å². The highest BCUT2D eigenvalue weighted by Crippen LogP contribution is 2.18. The van der Waals surface area contributed by atoms with Gasteiger partial charge in [-0.15, -0.1) is 0 Å². The summed E-state index contributed by atoms with van der Waals surface area (Å²) < 4.78 is 0. The molecule has 4 nitrogen and oxygen atoms in total. The molecule has 2 amide bonds. The molecule has 0 aromatic heterocycles. The number of carbonyl (C=O) groups is 2. The van der Waals surface area contributed by atoms with Crippen molar-refractivity contribution in [1.82, 2.24) is 10.6 Å². The molecule has 0 aliphatic heterocycles. The van der Waals surface area contributed by atoms with Gasteiger partial charge in [0.1, 0.15) is 0 Å². The SMILES string of the molecule is O=C(CCSCCC(=O)NC1CCCCCC1)NC1CCCCCC1. The fraction of sp³-hybridized carbons (Fsp3) is 0.900. The largest absolute Gasteiger partial charge is 0.353 e. The first kappa shape index (κ1) is 20.6. The average Bonchev–Trinajstić information content (AvgIpc) is 2.99. The Bertz CT molecular complexity index is 351. The van der Waals surface area contributed by atoms with E-state index in [0.29, 0.717) is 24.9 Å². The fourth-order valence-electron chi connectivity index (χ4n) is 3.88. The number of rotatable bonds is 8. The summed E-state index contributed by atoms with van der Waals surface area (Å²) in [6.45, 7) is 0. The number of hydrogen-bond acceptors (Lipinski definition) is 3. The molecule has 2 saturated carbocycles. The lowest BCUT2D eigenvalue weighted by molar-refractivity contribution is -0.122. The number of amides is 2. The average molecular weight is 369 g/mol. The minimum Gasteiger partial charge on any atom is -0.353 e. The van der Waals surface area contributed by atoms with Gasteiger partial charge >= 0.3 is 0 Å². The Kier molecular flexibility index (Phi) is 10.4. The van der Waals surface area contributed by atoms with E-state index in [4.69, 9.17) is 0 Å². The Balaban J connectivity index is 1.47. The molecular formula is C20H36N2O2S. The molecule has 2 N–H and O–H groups in total. The second-order valence-electron chi connectivity index (χ2n) is 7.62. The topological polar surface area (TPSA) is 58.2 Å². The molecule has 2 fully saturated rings. The van der Waals surface area contributed by atoms with Crippen LogP contribution in [0.4, 0.5) is 0 Å². The lowest BCUT2D eigenvalue weighted by Crippen LogP contribution is -2.35. The lowest BCUT2D eigenvalue weighted by atomic mass is 10.1. The van der Waals surface area contributed by atoms with Gasteiger partial charge in [-0.25, -0.2) is 0 Å². The third kappa shape index (κ3) is 9.53. The molecule has 2 aliphatic rings. The Hall–Kier alpha value is -0.710. The van der Waals surface area contributed by atoms with Crippen molar-refractivity contribution >= 4 is 23.6 Å². The number of nitrogens with one attached hydrogen (secondary N) is 2. The van der Waals surface area contributed by atoms with Gasteiger partial charge in [-0.3, -0.25) is 9.59 Å². The Morgan fingerprint density at radius 3 is 1.36 bits per heavy atom. The Morgan fingerprint density at radius 1 is 0.640 bits per heavy atom. The van der Waals surface area contributed by atoms with E-state index in [1.807, 2.05) is 0 Å². The third-order valence-corrected chi connectivity index (χ3v) is 6.37. The van der Waals surface area contributed by atoms with E-state index >= 15 is 0 Å². The molecule has 0 spiro atoms. The number of hydrogen-bond donors (Lipinski definition) is 2. The summed E-state index contributed by atoms with van der Waals surface area (Å²) in [5.41, 5.74) is 0. The van der Waals surface area contributed by atoms with E-state index in [2.05, 4.69) is 10.6 Å². The van der Waals surface area contributed by atoms with E-state index in [-0.39, 0.29) is 11.8 Å². The number of carbonyl (C=O) groups excluding carboxylic acids is 2. The highest BCUT2D eigenvalue weighted by atomic mass is 32.2. The van der Waals surface area contributed by atoms with Crippen molar-refractivity contribution in [2.24, 2.45) is 0 Å². The van der Waals surface area contributed by atoms with Gasteiger partial charge in [0.15, 0.2) is 0 Å². The van der Waals surface area contributed by atoms with Crippen molar-refractivity contribution in [3.05, 3.63) is 0 Å². The van der Waals surface area contributed by atoms with Gasteiger partial charge in [0.2, 0.25) is 11.8 Å². The molecule has 144 valence electrons. The summed E-state index contributed by atoms with van der Waals surface area (Å²) in [5.74, 6) is 1.99. The smallest absolute Gasteiger partial charge is 0.221 e. The van der Waals surface area contributed by atoms with Gasteiger partial charge in [-0.2, -0.15) is 11.8 Å². The molecule has 0 aromatic rings. The predicted octanol–water partition coefficient (Wildman–Crippen LogP) is 4.18. The molecule has 0 radical (unpaired) electrons. The lowest BCUT2D eigenvalue weighted by Gasteiger charge is -2.16. The van der Waals surface area contributed by atoms with Crippen molar-refractivity contribution in [3.8, 4) is 0 Å². The summed E-state index contributed by atoms with van der Waals surface area (Å²) >= 11 is 1.72. The van der Waals surface area contributed by atoms with E-state index in [1.54, 1.807) is 11.8 Å². The van der Waals surface area contributed by atoms with E-state index in [1.165, 1.54) is 51.4 Å². The standard InChI is InChI=1S/C20H36N2O2S/c23-19(21-17-9-5-1-2-6-10-17)13-15-25-16-14-20(24)22-18-11-7-3-4-8-12-18/h17-18H,1-16H2,(H,21,23)(H,22,24). The van der Waals surface area contributed by atoms with Crippen LogP contribution < -0.4 is 10.6 Å². The molecular weight excluding hydrogens is 332 g/mol. The van der Waals surface area contributed by atoms with Gasteiger partial charge in [-0.1, -0.05) is 51.4 Å². The van der Waals surface area contributed by atoms with Crippen LogP contribution >= 0.6 is 11.8 Å². The molecule has 0 unspecified atom stereocenters. The van der Waals surface area contributed by atoms with Crippen LogP contribution in [0, 0.1) is 0 Å². The maximum Gasteiger partial charge on any atom is 0.221 e. The van der Waals surface area contributed by atoms with Crippen LogP contribution in [0.5, 0.6) is 0 Å². The zero-order valence-electron chi connectivity index (χ0n) is 15.7. The highest BCUT2D eigenvalue weighted by molar-refractivity contribution is 7.99. The summed E-state index contributed by atoms with van der Waals surface area (Å²) in [7, 11) is 0. The highest BCUT2D eigenvalue weighted by Gasteiger charge is 2.15. The molecule has 2 rings (SSSR count). The quantitative estimate of drug-likeness (QED) is 0.499. The van der Waals surface area contributed by atoms with Crippen molar-refractivity contribution in [2.45, 2.75) is 102 Å². The number of thioether (sulfide) groups is 1. The van der Waals surface area contributed by atoms with Gasteiger partial charge in [0, 0.05) is 36.4 Å². The first-order chi connectivity index (χ1) is 12.2. The normalized spacial score (nSPS) is 20.5. The van der Waals surface area contributed by atoms with Crippen LogP contribution in [0.2, 0.25) is 0 Å². The second-order valence-corrected chi connectivity index (χ2v) is 8.85. The maximum atomic E-state index is 12.0. The van der Waals surface area contributed by atoms with E-state index in [9.17, 15) is 9.59 Å². The van der Waals surface area contributed by atoms with Crippen molar-refractivity contribution in [3.63, 3.8) is 0 Å². The molecule has 2 aliphatic carbocycles. The molecule has 0 saturated heterocycles. The van der Waals surface area contributed by atoms with E-state index in [0.717, 1.165) is 37.2 Å². The Morgan fingerprint density at radius 2 is 1.00 bits per heavy atom. The van der Waals surface area contributed by atoms with Crippen LogP contribution in [0.3, 0.4) is 0 Å². The third-order valence-electron chi connectivity index (χ3n) is 5.39. The van der Waals surface area contributed by atoms with Crippen molar-refractivity contribution in [2.75, 3.05) is 11.5 Å². The van der Waals surface area contributed by atoms with Crippen LogP contribution in [-0.4, -0.2) is 35.4 Å². The summed E-state index contributed by atoms with van der Waals surface area (Å²) in [6, 6.07) is 0.788. The maximum absolute atomic E-state index is 12.0. The van der Waals surface area contributed by atoms with Gasteiger partial charge in [0.25, 0.3) is 0 Å². The van der Waals surface area contributed by atoms with Crippen LogP contribution in [0.1, 0.15) is 89.9 Å². The minimum absolute atomic E-state index is 0.183. The summed E-state index contributed by atoms with van der Waals surface area (Å²) in [6.07, 6.45) is 15.9. The zero-order valence-corrected chi connectivity index (χ0v) is 16.5. The summed E-state index contributed by atoms with van der Waals surface area (Å²) in [5, 5.41) is 6.37. The summed E-state index contributed by atoms with van der Waals surface area (Å²) in [4.78, 5) is 24.0. The van der Waals surface area contributed by atoms with Crippen LogP contribution in [0.15, 0.2) is 0 Å². The second kappa shape index (κ2) is 12.6. The van der Waals surface area contributed by atoms with Gasteiger partial charge < -0.3 is 10.6 Å². The molecule has 5 heteroatoms. The molecule has 0 atom stereocenters. The molecule has 0 aromatic carbocycles. The van der Waals surface area contributed by atoms with Crippen LogP contribution in [-0.2, 0) is 9.59 Å². The minimum atomic E-state index is 0.183. The first-order valence-corrected chi connectivity index (χ1v) is 11.6. The van der Waals surface area contributed by atoms with Gasteiger partial charge in [0.05, 0.1) is 0 Å². The monoisotopic (exact) mass is 368 g/mol. The zero-order chi connectivity index (χ0) is 17.7. The van der Waals surface area contributed by atoms with Crippen LogP contribution in [0.25, 0.3) is 0 Å². The molecule has 0 bridgehead atoms. The fourth-order valence-corrected chi connectivity index (χ4v) is 4.74. The van der Waals surface area contributed by atoms with Gasteiger partial charge in [-0.05, 0) is 25.7 Å².